The number of halogens is 1. The lowest BCUT2D eigenvalue weighted by Gasteiger charge is -2.38. The number of amides is 2. The van der Waals surface area contributed by atoms with Gasteiger partial charge in [0.15, 0.2) is 6.61 Å². The lowest BCUT2D eigenvalue weighted by atomic mass is 10.1. The molecule has 0 radical (unpaired) electrons. The average Bonchev–Trinajstić information content (AvgIpc) is 3.06. The smallest absolute Gasteiger partial charge is 0.261 e. The molecule has 2 saturated heterocycles. The maximum Gasteiger partial charge on any atom is 0.261 e. The Hall–Kier alpha value is -3.87. The highest BCUT2D eigenvalue weighted by molar-refractivity contribution is 6.30. The molecule has 1 atom stereocenters. The number of benzene rings is 3. The zero-order chi connectivity index (χ0) is 33.3. The largest absolute Gasteiger partial charge is 0.489 e. The first-order valence-corrected chi connectivity index (χ1v) is 16.5. The van der Waals surface area contributed by atoms with E-state index in [9.17, 15) is 9.59 Å². The van der Waals surface area contributed by atoms with Crippen molar-refractivity contribution in [3.63, 3.8) is 0 Å². The van der Waals surface area contributed by atoms with Crippen LogP contribution in [0.2, 0.25) is 5.02 Å². The highest BCUT2D eigenvalue weighted by Gasteiger charge is 2.31. The van der Waals surface area contributed by atoms with Crippen LogP contribution in [0, 0.1) is 0 Å². The number of para-hydroxylation sites is 1. The second-order valence-electron chi connectivity index (χ2n) is 12.1. The van der Waals surface area contributed by atoms with Gasteiger partial charge in [-0.15, -0.1) is 0 Å². The van der Waals surface area contributed by atoms with Crippen LogP contribution >= 0.6 is 11.6 Å². The number of carbonyl (C=O) groups excluding carboxylic acids is 2. The summed E-state index contributed by atoms with van der Waals surface area (Å²) in [5, 5.41) is 0.606. The lowest BCUT2D eigenvalue weighted by Crippen LogP contribution is -2.57. The summed E-state index contributed by atoms with van der Waals surface area (Å²) in [4.78, 5) is 35.0. The van der Waals surface area contributed by atoms with Crippen LogP contribution in [-0.2, 0) is 16.1 Å². The number of piperazine rings is 1. The average molecular weight is 665 g/mol. The first kappa shape index (κ1) is 34.5. The third-order valence-electron chi connectivity index (χ3n) is 8.24. The number of anilines is 2. The fraction of sp³-hybridized carbons (Fsp3) is 0.429. The molecule has 252 valence electrons. The number of rotatable bonds is 12. The van der Waals surface area contributed by atoms with Crippen molar-refractivity contribution in [3.05, 3.63) is 82.9 Å². The summed E-state index contributed by atoms with van der Waals surface area (Å²) in [6.07, 6.45) is -0.853. The van der Waals surface area contributed by atoms with E-state index >= 15 is 0 Å². The number of nitrogen functional groups attached to an aromatic ring is 1. The molecule has 3 aromatic carbocycles. The minimum absolute atomic E-state index is 0.0535. The predicted octanol–water partition coefficient (Wildman–Crippen LogP) is 3.70. The second kappa shape index (κ2) is 16.3. The molecule has 12 heteroatoms. The van der Waals surface area contributed by atoms with E-state index in [2.05, 4.69) is 9.80 Å². The maximum absolute atomic E-state index is 14.2. The van der Waals surface area contributed by atoms with Gasteiger partial charge in [-0.25, -0.2) is 0 Å². The van der Waals surface area contributed by atoms with Crippen LogP contribution in [0.25, 0.3) is 0 Å². The quantitative estimate of drug-likeness (QED) is 0.220. The van der Waals surface area contributed by atoms with Gasteiger partial charge in [-0.05, 0) is 67.9 Å². The van der Waals surface area contributed by atoms with Gasteiger partial charge in [0.1, 0.15) is 11.5 Å². The van der Waals surface area contributed by atoms with Crippen molar-refractivity contribution in [3.8, 4) is 11.5 Å². The van der Waals surface area contributed by atoms with E-state index in [1.807, 2.05) is 32.0 Å². The lowest BCUT2D eigenvalue weighted by molar-refractivity contribution is -0.135. The second-order valence-corrected chi connectivity index (χ2v) is 12.5. The Labute approximate surface area is 281 Å². The van der Waals surface area contributed by atoms with Crippen LogP contribution in [0.15, 0.2) is 66.7 Å². The minimum Gasteiger partial charge on any atom is -0.489 e. The number of ether oxygens (including phenoxy) is 3. The molecule has 2 heterocycles. The Morgan fingerprint density at radius 2 is 1.64 bits per heavy atom. The summed E-state index contributed by atoms with van der Waals surface area (Å²) < 4.78 is 17.5. The summed E-state index contributed by atoms with van der Waals surface area (Å²) in [5.74, 6) is 0.775. The van der Waals surface area contributed by atoms with Gasteiger partial charge in [0, 0.05) is 63.1 Å². The van der Waals surface area contributed by atoms with E-state index in [4.69, 9.17) is 37.3 Å². The molecule has 2 aliphatic rings. The van der Waals surface area contributed by atoms with Crippen molar-refractivity contribution >= 4 is 34.8 Å². The SMILES string of the molecule is CC(C)Oc1cc(CN2CCOCC2)ccc1N(C(=O)c1ccccc1N)C(N)CN1CCN(C(=O)COc2ccc(Cl)cc2)CC1. The van der Waals surface area contributed by atoms with Crippen LogP contribution < -0.4 is 25.8 Å². The number of hydrogen-bond donors (Lipinski definition) is 2. The highest BCUT2D eigenvalue weighted by atomic mass is 35.5. The normalized spacial score (nSPS) is 16.6. The van der Waals surface area contributed by atoms with Gasteiger partial charge in [-0.2, -0.15) is 0 Å². The van der Waals surface area contributed by atoms with Gasteiger partial charge in [-0.1, -0.05) is 29.8 Å². The topological polar surface area (TPSA) is 127 Å². The number of nitrogens with two attached hydrogens (primary N) is 2. The summed E-state index contributed by atoms with van der Waals surface area (Å²) >= 11 is 5.94. The van der Waals surface area contributed by atoms with Crippen molar-refractivity contribution in [1.29, 1.82) is 0 Å². The van der Waals surface area contributed by atoms with Crippen molar-refractivity contribution in [2.45, 2.75) is 32.7 Å². The van der Waals surface area contributed by atoms with E-state index in [1.165, 1.54) is 0 Å². The molecule has 5 rings (SSSR count). The monoisotopic (exact) mass is 664 g/mol. The van der Waals surface area contributed by atoms with Gasteiger partial charge in [-0.3, -0.25) is 24.3 Å². The summed E-state index contributed by atoms with van der Waals surface area (Å²) in [6, 6.07) is 19.9. The van der Waals surface area contributed by atoms with Crippen molar-refractivity contribution < 1.29 is 23.8 Å². The van der Waals surface area contributed by atoms with E-state index in [0.29, 0.717) is 79.4 Å². The molecule has 2 amide bonds. The number of carbonyl (C=O) groups is 2. The molecule has 4 N–H and O–H groups in total. The van der Waals surface area contributed by atoms with E-state index < -0.39 is 6.17 Å². The first-order valence-electron chi connectivity index (χ1n) is 16.1. The van der Waals surface area contributed by atoms with Crippen molar-refractivity contribution in [1.82, 2.24) is 14.7 Å². The molecule has 0 bridgehead atoms. The Bertz CT molecular complexity index is 1490. The van der Waals surface area contributed by atoms with Crippen LogP contribution in [0.4, 0.5) is 11.4 Å². The van der Waals surface area contributed by atoms with Gasteiger partial charge < -0.3 is 30.6 Å². The molecule has 2 aliphatic heterocycles. The Morgan fingerprint density at radius 3 is 2.32 bits per heavy atom. The summed E-state index contributed by atoms with van der Waals surface area (Å²) in [6.45, 7) is 10.4. The molecule has 0 aromatic heterocycles. The van der Waals surface area contributed by atoms with Crippen LogP contribution in [-0.4, -0.2) is 104 Å². The zero-order valence-electron chi connectivity index (χ0n) is 27.1. The fourth-order valence-corrected chi connectivity index (χ4v) is 5.90. The zero-order valence-corrected chi connectivity index (χ0v) is 27.9. The van der Waals surface area contributed by atoms with Crippen molar-refractivity contribution in [2.75, 3.05) is 76.3 Å². The first-order chi connectivity index (χ1) is 22.7. The van der Waals surface area contributed by atoms with Crippen LogP contribution in [0.3, 0.4) is 0 Å². The Kier molecular flexibility index (Phi) is 12.0. The minimum atomic E-state index is -0.725. The predicted molar refractivity (Wildman–Crippen MR) is 184 cm³/mol. The van der Waals surface area contributed by atoms with E-state index in [1.54, 1.807) is 58.3 Å². The molecule has 11 nitrogen and oxygen atoms in total. The molecule has 47 heavy (non-hydrogen) atoms. The number of morpholine rings is 1. The van der Waals surface area contributed by atoms with E-state index in [0.717, 1.165) is 25.2 Å². The van der Waals surface area contributed by atoms with Crippen LogP contribution in [0.5, 0.6) is 11.5 Å². The molecule has 1 unspecified atom stereocenters. The third kappa shape index (κ3) is 9.36. The third-order valence-corrected chi connectivity index (χ3v) is 8.50. The fourth-order valence-electron chi connectivity index (χ4n) is 5.78. The maximum atomic E-state index is 14.2. The van der Waals surface area contributed by atoms with Gasteiger partial charge in [0.25, 0.3) is 11.8 Å². The van der Waals surface area contributed by atoms with E-state index in [-0.39, 0.29) is 24.5 Å². The molecule has 0 spiro atoms. The summed E-state index contributed by atoms with van der Waals surface area (Å²) in [7, 11) is 0. The molecule has 2 fully saturated rings. The Balaban J connectivity index is 1.31. The standard InChI is InChI=1S/C35H45ClN6O5/c1-25(2)47-32-21-26(22-40-17-19-45-20-18-40)7-12-31(32)42(35(44)29-5-3-4-6-30(29)37)33(38)23-39-13-15-41(16-14-39)34(43)24-46-28-10-8-27(36)9-11-28/h3-12,21,25,33H,13-20,22-24,37-38H2,1-2H3. The van der Waals surface area contributed by atoms with Crippen molar-refractivity contribution in [2.24, 2.45) is 5.73 Å². The molecule has 0 saturated carbocycles. The molecular weight excluding hydrogens is 620 g/mol. The Morgan fingerprint density at radius 1 is 0.936 bits per heavy atom. The van der Waals surface area contributed by atoms with Gasteiger partial charge in [0.05, 0.1) is 36.7 Å². The number of nitrogens with zero attached hydrogens (tertiary/aromatic N) is 4. The van der Waals surface area contributed by atoms with Gasteiger partial charge >= 0.3 is 0 Å². The highest BCUT2D eigenvalue weighted by Crippen LogP contribution is 2.34. The van der Waals surface area contributed by atoms with Gasteiger partial charge in [0.2, 0.25) is 0 Å². The van der Waals surface area contributed by atoms with Crippen LogP contribution in [0.1, 0.15) is 29.8 Å². The molecule has 3 aromatic rings. The molecular formula is C35H45ClN6O5. The summed E-state index contributed by atoms with van der Waals surface area (Å²) in [5.41, 5.74) is 15.6. The number of hydrogen-bond acceptors (Lipinski definition) is 9. The molecule has 0 aliphatic carbocycles.